The number of hydrogen-bond donors (Lipinski definition) is 0. The molecule has 0 aliphatic rings. The van der Waals surface area contributed by atoms with Gasteiger partial charge in [0, 0.05) is 5.41 Å². The fourth-order valence-electron chi connectivity index (χ4n) is 0.136. The maximum absolute atomic E-state index is 2.91. The Morgan fingerprint density at radius 2 is 2.33 bits per heavy atom. The molecule has 1 heteroatoms. The molecule has 0 radical (unpaired) electrons. The molecule has 6 heavy (non-hydrogen) atoms. The molecule has 0 bridgehead atoms. The predicted molar refractivity (Wildman–Crippen MR) is 31.8 cm³/mol. The van der Waals surface area contributed by atoms with Gasteiger partial charge >= 0.3 is 0 Å². The molecule has 0 spiro atoms. The van der Waals surface area contributed by atoms with Gasteiger partial charge in [-0.05, 0) is 19.3 Å². The van der Waals surface area contributed by atoms with E-state index in [1.165, 1.54) is 0 Å². The molecule has 0 rings (SSSR count). The highest BCUT2D eigenvalue weighted by atomic mass is 32.2. The van der Waals surface area contributed by atoms with Gasteiger partial charge in [-0.15, -0.1) is 17.5 Å². The maximum atomic E-state index is 2.91. The fourth-order valence-corrected chi connectivity index (χ4v) is 0.408. The zero-order valence-electron chi connectivity index (χ0n) is 4.06. The summed E-state index contributed by atoms with van der Waals surface area (Å²) in [6, 6.07) is 0. The van der Waals surface area contributed by atoms with Crippen molar-refractivity contribution in [2.75, 3.05) is 6.26 Å². The summed E-state index contributed by atoms with van der Waals surface area (Å²) >= 11 is 1.66. The van der Waals surface area contributed by atoms with E-state index < -0.39 is 0 Å². The number of hydrogen-bond acceptors (Lipinski definition) is 1. The molecule has 0 amide bonds. The molecule has 0 N–H and O–H groups in total. The van der Waals surface area contributed by atoms with Crippen LogP contribution in [0, 0.1) is 0 Å². The highest BCUT2D eigenvalue weighted by molar-refractivity contribution is 8.01. The second-order valence-corrected chi connectivity index (χ2v) is 1.52. The zero-order chi connectivity index (χ0) is 4.83. The lowest BCUT2D eigenvalue weighted by atomic mass is 10.7. The highest BCUT2D eigenvalue weighted by Gasteiger charge is 1.51. The third-order valence-electron chi connectivity index (χ3n) is 0.353. The van der Waals surface area contributed by atoms with Gasteiger partial charge in [0.15, 0.2) is 0 Å². The molecular formula is C5H8S. The normalized spacial score (nSPS) is 6.33. The van der Waals surface area contributed by atoms with Gasteiger partial charge in [-0.1, -0.05) is 0 Å². The van der Waals surface area contributed by atoms with Gasteiger partial charge in [0.1, 0.15) is 0 Å². The molecule has 0 atom stereocenters. The summed E-state index contributed by atoms with van der Waals surface area (Å²) in [5.41, 5.74) is 2.91. The molecule has 0 saturated heterocycles. The van der Waals surface area contributed by atoms with Crippen LogP contribution in [-0.4, -0.2) is 6.26 Å². The van der Waals surface area contributed by atoms with Crippen molar-refractivity contribution in [2.45, 2.75) is 6.92 Å². The SMILES string of the molecule is CC=C=CSC. The van der Waals surface area contributed by atoms with Crippen LogP contribution in [0.1, 0.15) is 6.92 Å². The van der Waals surface area contributed by atoms with E-state index in [0.717, 1.165) is 0 Å². The molecule has 0 aliphatic heterocycles. The molecular weight excluding hydrogens is 92.1 g/mol. The minimum absolute atomic E-state index is 1.66. The second kappa shape index (κ2) is 4.87. The predicted octanol–water partition coefficient (Wildman–Crippen LogP) is 2.04. The van der Waals surface area contributed by atoms with Crippen LogP contribution in [0.2, 0.25) is 0 Å². The lowest BCUT2D eigenvalue weighted by Gasteiger charge is -1.63. The van der Waals surface area contributed by atoms with Crippen molar-refractivity contribution in [2.24, 2.45) is 0 Å². The Hall–Kier alpha value is -0.130. The van der Waals surface area contributed by atoms with Gasteiger partial charge < -0.3 is 0 Å². The molecule has 0 aromatic rings. The maximum Gasteiger partial charge on any atom is 0.0122 e. The van der Waals surface area contributed by atoms with E-state index in [2.05, 4.69) is 5.73 Å². The Labute approximate surface area is 42.9 Å². The Morgan fingerprint density at radius 3 is 2.50 bits per heavy atom. The molecule has 0 fully saturated rings. The quantitative estimate of drug-likeness (QED) is 0.454. The van der Waals surface area contributed by atoms with Crippen molar-refractivity contribution in [3.8, 4) is 0 Å². The van der Waals surface area contributed by atoms with Crippen LogP contribution >= 0.6 is 11.8 Å². The minimum atomic E-state index is 1.66. The summed E-state index contributed by atoms with van der Waals surface area (Å²) in [7, 11) is 0. The molecule has 0 saturated carbocycles. The van der Waals surface area contributed by atoms with Gasteiger partial charge in [-0.2, -0.15) is 0 Å². The Balaban J connectivity index is 3.18. The molecule has 34 valence electrons. The standard InChI is InChI=1S/C5H8S/c1-3-4-5-6-2/h3,5H,1-2H3. The van der Waals surface area contributed by atoms with Gasteiger partial charge in [0.2, 0.25) is 0 Å². The van der Waals surface area contributed by atoms with Crippen LogP contribution in [0.25, 0.3) is 0 Å². The van der Waals surface area contributed by atoms with Gasteiger partial charge in [0.25, 0.3) is 0 Å². The Bertz CT molecular complexity index is 68.0. The number of allylic oxidation sites excluding steroid dienone is 1. The number of thioether (sulfide) groups is 1. The minimum Gasteiger partial charge on any atom is -0.129 e. The number of rotatable bonds is 1. The largest absolute Gasteiger partial charge is 0.129 e. The molecule has 0 aromatic heterocycles. The van der Waals surface area contributed by atoms with E-state index in [0.29, 0.717) is 0 Å². The fraction of sp³-hybridized carbons (Fsp3) is 0.400. The second-order valence-electron chi connectivity index (χ2n) is 0.809. The van der Waals surface area contributed by atoms with Crippen LogP contribution in [0.3, 0.4) is 0 Å². The molecule has 0 aliphatic carbocycles. The third-order valence-corrected chi connectivity index (χ3v) is 0.724. The van der Waals surface area contributed by atoms with Crippen molar-refractivity contribution < 1.29 is 0 Å². The molecule has 0 heterocycles. The highest BCUT2D eigenvalue weighted by Crippen LogP contribution is 1.88. The Kier molecular flexibility index (Phi) is 4.76. The van der Waals surface area contributed by atoms with E-state index >= 15 is 0 Å². The zero-order valence-corrected chi connectivity index (χ0v) is 4.88. The van der Waals surface area contributed by atoms with Crippen LogP contribution in [0.4, 0.5) is 0 Å². The lowest BCUT2D eigenvalue weighted by Crippen LogP contribution is -1.33. The summed E-state index contributed by atoms with van der Waals surface area (Å²) in [5.74, 6) is 0. The molecule has 0 unspecified atom stereocenters. The van der Waals surface area contributed by atoms with E-state index in [9.17, 15) is 0 Å². The summed E-state index contributed by atoms with van der Waals surface area (Å²) in [5, 5.41) is 1.92. The monoisotopic (exact) mass is 100 g/mol. The topological polar surface area (TPSA) is 0 Å². The first-order valence-corrected chi connectivity index (χ1v) is 3.09. The summed E-state index contributed by atoms with van der Waals surface area (Å²) < 4.78 is 0. The van der Waals surface area contributed by atoms with Gasteiger partial charge in [0.05, 0.1) is 0 Å². The van der Waals surface area contributed by atoms with E-state index in [4.69, 9.17) is 0 Å². The third kappa shape index (κ3) is 3.87. The van der Waals surface area contributed by atoms with Crippen LogP contribution in [0.15, 0.2) is 17.2 Å². The van der Waals surface area contributed by atoms with E-state index in [1.807, 2.05) is 24.7 Å². The van der Waals surface area contributed by atoms with Crippen molar-refractivity contribution in [1.29, 1.82) is 0 Å². The van der Waals surface area contributed by atoms with Crippen molar-refractivity contribution in [1.82, 2.24) is 0 Å². The smallest absolute Gasteiger partial charge is 0.0122 e. The first kappa shape index (κ1) is 5.87. The van der Waals surface area contributed by atoms with Crippen LogP contribution < -0.4 is 0 Å². The van der Waals surface area contributed by atoms with E-state index in [1.54, 1.807) is 11.8 Å². The average molecular weight is 100 g/mol. The summed E-state index contributed by atoms with van der Waals surface area (Å²) in [4.78, 5) is 0. The average Bonchev–Trinajstić information content (AvgIpc) is 1.61. The van der Waals surface area contributed by atoms with Crippen molar-refractivity contribution >= 4 is 11.8 Å². The molecule has 0 nitrogen and oxygen atoms in total. The Morgan fingerprint density at radius 1 is 1.67 bits per heavy atom. The summed E-state index contributed by atoms with van der Waals surface area (Å²) in [6.45, 7) is 1.95. The van der Waals surface area contributed by atoms with Crippen molar-refractivity contribution in [3.63, 3.8) is 0 Å². The molecule has 0 aromatic carbocycles. The van der Waals surface area contributed by atoms with Crippen LogP contribution in [0.5, 0.6) is 0 Å². The van der Waals surface area contributed by atoms with Crippen LogP contribution in [-0.2, 0) is 0 Å². The van der Waals surface area contributed by atoms with E-state index in [-0.39, 0.29) is 0 Å². The first-order valence-electron chi connectivity index (χ1n) is 1.80. The van der Waals surface area contributed by atoms with Gasteiger partial charge in [-0.3, -0.25) is 0 Å². The van der Waals surface area contributed by atoms with Crippen molar-refractivity contribution in [3.05, 3.63) is 17.2 Å². The van der Waals surface area contributed by atoms with Gasteiger partial charge in [-0.25, -0.2) is 0 Å². The lowest BCUT2D eigenvalue weighted by molar-refractivity contribution is 1.78. The first-order chi connectivity index (χ1) is 2.91. The summed E-state index contributed by atoms with van der Waals surface area (Å²) in [6.07, 6.45) is 3.90.